The molecule has 5 nitrogen and oxygen atoms in total. The first-order valence-corrected chi connectivity index (χ1v) is 3.53. The van der Waals surface area contributed by atoms with Crippen molar-refractivity contribution >= 4 is 11.0 Å². The van der Waals surface area contributed by atoms with E-state index in [1.807, 2.05) is 0 Å². The van der Waals surface area contributed by atoms with Crippen LogP contribution in [0.5, 0.6) is 0 Å². The summed E-state index contributed by atoms with van der Waals surface area (Å²) in [5.74, 6) is 0. The summed E-state index contributed by atoms with van der Waals surface area (Å²) >= 11 is 0. The first kappa shape index (κ1) is 10.1. The second kappa shape index (κ2) is 4.86. The fourth-order valence-corrected chi connectivity index (χ4v) is 0.692. The third-order valence-corrected chi connectivity index (χ3v) is 1.07. The molecule has 1 heterocycles. The fraction of sp³-hybridized carbons (Fsp3) is 0. The molecule has 0 aliphatic carbocycles. The zero-order chi connectivity index (χ0) is 7.40. The Morgan fingerprint density at radius 1 is 1.45 bits per heavy atom. The predicted molar refractivity (Wildman–Crippen MR) is 31.3 cm³/mol. The highest BCUT2D eigenvalue weighted by atomic mass is 35.5. The van der Waals surface area contributed by atoms with E-state index in [1.54, 1.807) is 6.07 Å². The number of nitrogens with zero attached hydrogens (tertiary/aromatic N) is 2. The lowest BCUT2D eigenvalue weighted by Gasteiger charge is -1.86. The van der Waals surface area contributed by atoms with Crippen LogP contribution in [0.2, 0.25) is 0 Å². The number of aromatic nitrogens is 2. The van der Waals surface area contributed by atoms with Gasteiger partial charge in [0.05, 0.1) is 0 Å². The van der Waals surface area contributed by atoms with Crippen molar-refractivity contribution in [2.24, 2.45) is 0 Å². The summed E-state index contributed by atoms with van der Waals surface area (Å²) in [6.45, 7) is 0. The van der Waals surface area contributed by atoms with Crippen LogP contribution in [-0.4, -0.2) is 13.4 Å². The third-order valence-electron chi connectivity index (χ3n) is 0.747. The standard InChI is InChI=1S/C4H5N2O3S.ClH/c7-10(8)9-6-3-1-2-5-4-6;/h1-4,10H;1H/q+1;/p-1. The Hall–Kier alpha value is -0.880. The van der Waals surface area contributed by atoms with Gasteiger partial charge in [-0.25, -0.2) is 4.28 Å². The highest BCUT2D eigenvalue weighted by molar-refractivity contribution is 7.67. The minimum atomic E-state index is -2.85. The van der Waals surface area contributed by atoms with Crippen molar-refractivity contribution in [3.8, 4) is 0 Å². The van der Waals surface area contributed by atoms with E-state index < -0.39 is 11.0 Å². The lowest BCUT2D eigenvalue weighted by molar-refractivity contribution is -0.857. The molecule has 11 heavy (non-hydrogen) atoms. The molecule has 1 aromatic rings. The van der Waals surface area contributed by atoms with Gasteiger partial charge in [0.15, 0.2) is 0 Å². The van der Waals surface area contributed by atoms with Crippen LogP contribution in [0.4, 0.5) is 0 Å². The highest BCUT2D eigenvalue weighted by Gasteiger charge is 1.94. The average Bonchev–Trinajstić information content (AvgIpc) is 1.88. The lowest BCUT2D eigenvalue weighted by Crippen LogP contribution is -3.00. The summed E-state index contributed by atoms with van der Waals surface area (Å²) < 4.78 is 25.1. The topological polar surface area (TPSA) is 60.1 Å². The molecule has 0 radical (unpaired) electrons. The van der Waals surface area contributed by atoms with Crippen LogP contribution in [0.3, 0.4) is 0 Å². The summed E-state index contributed by atoms with van der Waals surface area (Å²) in [4.78, 5) is 3.61. The molecule has 0 N–H and O–H groups in total. The van der Waals surface area contributed by atoms with Gasteiger partial charge in [-0.3, -0.25) is 0 Å². The summed E-state index contributed by atoms with van der Waals surface area (Å²) in [7, 11) is -2.85. The predicted octanol–water partition coefficient (Wildman–Crippen LogP) is -4.67. The second-order valence-electron chi connectivity index (χ2n) is 1.42. The van der Waals surface area contributed by atoms with Gasteiger partial charge < -0.3 is 12.4 Å². The van der Waals surface area contributed by atoms with Crippen molar-refractivity contribution in [2.45, 2.75) is 0 Å². The van der Waals surface area contributed by atoms with Crippen LogP contribution in [0.1, 0.15) is 0 Å². The molecule has 0 aliphatic rings. The van der Waals surface area contributed by atoms with Gasteiger partial charge in [0.25, 0.3) is 0 Å². The molecule has 62 valence electrons. The monoisotopic (exact) mass is 196 g/mol. The summed E-state index contributed by atoms with van der Waals surface area (Å²) in [6.07, 6.45) is 4.18. The van der Waals surface area contributed by atoms with E-state index in [9.17, 15) is 8.42 Å². The summed E-state index contributed by atoms with van der Waals surface area (Å²) in [5, 5.41) is 0. The van der Waals surface area contributed by atoms with Crippen LogP contribution in [0.15, 0.2) is 24.8 Å². The number of hydrogen-bond acceptors (Lipinski definition) is 4. The zero-order valence-corrected chi connectivity index (χ0v) is 6.90. The van der Waals surface area contributed by atoms with E-state index >= 15 is 0 Å². The Balaban J connectivity index is 0.000001000. The maximum atomic E-state index is 9.93. The second-order valence-corrected chi connectivity index (χ2v) is 2.03. The third kappa shape index (κ3) is 3.74. The summed E-state index contributed by atoms with van der Waals surface area (Å²) in [5.41, 5.74) is 0. The van der Waals surface area contributed by atoms with Gasteiger partial charge in [-0.1, -0.05) is 4.98 Å². The molecule has 0 aromatic carbocycles. The summed E-state index contributed by atoms with van der Waals surface area (Å²) in [6, 6.07) is 1.55. The Bertz CT molecular complexity index is 268. The number of halogens is 1. The number of rotatable bonds is 2. The SMILES string of the molecule is O=[SH](=O)O[n+]1cccnc1.[Cl-]. The first-order valence-electron chi connectivity index (χ1n) is 2.43. The highest BCUT2D eigenvalue weighted by Crippen LogP contribution is 1.67. The number of hydrogen-bond donors (Lipinski definition) is 1. The maximum Gasteiger partial charge on any atom is 0.338 e. The van der Waals surface area contributed by atoms with Crippen LogP contribution in [0, 0.1) is 0 Å². The Kier molecular flexibility index (Phi) is 4.47. The van der Waals surface area contributed by atoms with E-state index in [2.05, 4.69) is 9.27 Å². The van der Waals surface area contributed by atoms with Crippen LogP contribution < -0.4 is 21.4 Å². The van der Waals surface area contributed by atoms with Crippen molar-refractivity contribution in [3.63, 3.8) is 0 Å². The molecule has 7 heteroatoms. The molecular formula is C4H5ClN2O3S. The van der Waals surface area contributed by atoms with Gasteiger partial charge in [-0.2, -0.15) is 8.42 Å². The molecule has 0 aliphatic heterocycles. The smallest absolute Gasteiger partial charge is 0.338 e. The van der Waals surface area contributed by atoms with Gasteiger partial charge in [0, 0.05) is 6.07 Å². The van der Waals surface area contributed by atoms with E-state index in [0.717, 1.165) is 4.73 Å². The molecule has 1 aromatic heterocycles. The van der Waals surface area contributed by atoms with E-state index in [1.165, 1.54) is 18.7 Å². The van der Waals surface area contributed by atoms with E-state index in [0.29, 0.717) is 0 Å². The van der Waals surface area contributed by atoms with Crippen LogP contribution in [-0.2, 0) is 11.0 Å². The van der Waals surface area contributed by atoms with Crippen LogP contribution in [0.25, 0.3) is 0 Å². The lowest BCUT2D eigenvalue weighted by atomic mass is 10.7. The van der Waals surface area contributed by atoms with E-state index in [4.69, 9.17) is 0 Å². The van der Waals surface area contributed by atoms with Gasteiger partial charge in [-0.05, 0) is 4.73 Å². The van der Waals surface area contributed by atoms with Gasteiger partial charge in [-0.15, -0.1) is 0 Å². The maximum absolute atomic E-state index is 9.93. The van der Waals surface area contributed by atoms with Gasteiger partial charge in [0.1, 0.15) is 12.4 Å². The quantitative estimate of drug-likeness (QED) is 0.382. The molecule has 0 unspecified atom stereocenters. The molecule has 0 saturated heterocycles. The van der Waals surface area contributed by atoms with Gasteiger partial charge >= 0.3 is 17.3 Å². The Morgan fingerprint density at radius 3 is 2.64 bits per heavy atom. The molecule has 1 rings (SSSR count). The fourth-order valence-electron chi connectivity index (χ4n) is 0.441. The van der Waals surface area contributed by atoms with Crippen molar-refractivity contribution < 1.29 is 29.8 Å². The van der Waals surface area contributed by atoms with Crippen molar-refractivity contribution in [1.82, 2.24) is 4.98 Å². The van der Waals surface area contributed by atoms with E-state index in [-0.39, 0.29) is 12.4 Å². The molecule has 0 fully saturated rings. The average molecular weight is 197 g/mol. The largest absolute Gasteiger partial charge is 1.00 e. The Labute approximate surface area is 71.2 Å². The van der Waals surface area contributed by atoms with Crippen molar-refractivity contribution in [1.29, 1.82) is 0 Å². The molecule has 0 amide bonds. The van der Waals surface area contributed by atoms with Gasteiger partial charge in [0.2, 0.25) is 0 Å². The zero-order valence-electron chi connectivity index (χ0n) is 5.25. The minimum Gasteiger partial charge on any atom is -1.00 e. The molecule has 0 atom stereocenters. The minimum absolute atomic E-state index is 0. The first-order chi connectivity index (χ1) is 4.79. The molecule has 0 saturated carbocycles. The Morgan fingerprint density at radius 2 is 2.18 bits per heavy atom. The van der Waals surface area contributed by atoms with Crippen molar-refractivity contribution in [2.75, 3.05) is 0 Å². The normalized spacial score (nSPS) is 8.82. The molecule has 0 spiro atoms. The molecular weight excluding hydrogens is 192 g/mol. The number of thiol groups is 1. The van der Waals surface area contributed by atoms with Crippen LogP contribution >= 0.6 is 0 Å². The molecule has 0 bridgehead atoms. The van der Waals surface area contributed by atoms with Crippen molar-refractivity contribution in [3.05, 3.63) is 24.8 Å².